The number of ether oxygens (including phenoxy) is 1. The van der Waals surface area contributed by atoms with Gasteiger partial charge in [-0.25, -0.2) is 18.0 Å². The third kappa shape index (κ3) is 24.4. The highest BCUT2D eigenvalue weighted by Crippen LogP contribution is 2.24. The van der Waals surface area contributed by atoms with Crippen LogP contribution in [0.25, 0.3) is 0 Å². The second-order valence-electron chi connectivity index (χ2n) is 12.4. The summed E-state index contributed by atoms with van der Waals surface area (Å²) in [5, 5.41) is 5.18. The van der Waals surface area contributed by atoms with Crippen molar-refractivity contribution in [1.29, 1.82) is 0 Å². The number of rotatable bonds is 7. The number of hydrogen-bond acceptors (Lipinski definition) is 6. The van der Waals surface area contributed by atoms with E-state index in [9.17, 15) is 22.8 Å². The van der Waals surface area contributed by atoms with Crippen LogP contribution in [0.15, 0.2) is 0 Å². The maximum atomic E-state index is 12.8. The molecule has 0 radical (unpaired) electrons. The number of sulfonamides is 1. The molecule has 2 atom stereocenters. The van der Waals surface area contributed by atoms with Gasteiger partial charge in [0.15, 0.2) is 0 Å². The minimum Gasteiger partial charge on any atom is -0.467 e. The lowest BCUT2D eigenvalue weighted by molar-refractivity contribution is -0.150. The number of carbonyl (C=O) groups excluding carboxylic acids is 3. The molecule has 0 aromatic carbocycles. The normalized spacial score (nSPS) is 14.8. The van der Waals surface area contributed by atoms with Gasteiger partial charge < -0.3 is 20.3 Å². The zero-order chi connectivity index (χ0) is 36.5. The molecule has 1 heterocycles. The summed E-state index contributed by atoms with van der Waals surface area (Å²) in [5.74, 6) is -0.311. The van der Waals surface area contributed by atoms with Crippen molar-refractivity contribution >= 4 is 27.9 Å². The van der Waals surface area contributed by atoms with E-state index in [2.05, 4.69) is 45.3 Å². The quantitative estimate of drug-likeness (QED) is 0.283. The van der Waals surface area contributed by atoms with Crippen molar-refractivity contribution in [2.75, 3.05) is 33.0 Å². The highest BCUT2D eigenvalue weighted by molar-refractivity contribution is 7.89. The van der Waals surface area contributed by atoms with E-state index in [1.165, 1.54) is 29.8 Å². The van der Waals surface area contributed by atoms with Gasteiger partial charge in [0.05, 0.1) is 25.4 Å². The van der Waals surface area contributed by atoms with Gasteiger partial charge in [-0.15, -0.1) is 0 Å². The molecule has 44 heavy (non-hydrogen) atoms. The molecule has 3 amide bonds. The van der Waals surface area contributed by atoms with Crippen LogP contribution in [0.4, 0.5) is 4.79 Å². The van der Waals surface area contributed by atoms with E-state index in [-0.39, 0.29) is 12.3 Å². The Bertz CT molecular complexity index is 831. The number of hydrogen-bond donors (Lipinski definition) is 2. The van der Waals surface area contributed by atoms with E-state index in [1.807, 2.05) is 62.3 Å². The first kappa shape index (κ1) is 51.7. The van der Waals surface area contributed by atoms with Crippen molar-refractivity contribution in [2.45, 2.75) is 155 Å². The predicted molar refractivity (Wildman–Crippen MR) is 188 cm³/mol. The topological polar surface area (TPSA) is 125 Å². The number of likely N-dealkylation sites (tertiary alicyclic amines) is 1. The third-order valence-electron chi connectivity index (χ3n) is 5.54. The monoisotopic (exact) mass is 655 g/mol. The molecule has 0 aliphatic carbocycles. The largest absolute Gasteiger partial charge is 0.467 e. The fourth-order valence-electron chi connectivity index (χ4n) is 3.16. The zero-order valence-corrected chi connectivity index (χ0v) is 33.0. The molecule has 1 aliphatic rings. The summed E-state index contributed by atoms with van der Waals surface area (Å²) >= 11 is 0. The number of amides is 3. The highest BCUT2D eigenvalue weighted by atomic mass is 32.2. The standard InChI is InChI=1S/C20H38N4O6S.C4H10.C3H8.3C2H6/c1-19(2,3)15(13-31(28,29)23(7)20(4,5)6)22-18(27)21-12-16(25)24-11-9-10-14(24)17(26)30-8;1-4(2)3;1-3-2;3*1-2/h14-15H,9-13H2,1-8H3,(H2,21,22,27);4H,1-3H3;3H2,1-2H3;3*1-2H3. The van der Waals surface area contributed by atoms with Gasteiger partial charge in [-0.05, 0) is 44.9 Å². The van der Waals surface area contributed by atoms with E-state index in [4.69, 9.17) is 4.74 Å². The Hall–Kier alpha value is -1.88. The van der Waals surface area contributed by atoms with E-state index in [0.29, 0.717) is 19.4 Å². The molecule has 0 aromatic rings. The molecule has 1 fully saturated rings. The molecule has 0 spiro atoms. The summed E-state index contributed by atoms with van der Waals surface area (Å²) in [4.78, 5) is 38.1. The van der Waals surface area contributed by atoms with Crippen LogP contribution in [0.1, 0.15) is 137 Å². The Morgan fingerprint density at radius 1 is 0.932 bits per heavy atom. The molecule has 10 nitrogen and oxygen atoms in total. The first-order valence-corrected chi connectivity index (χ1v) is 18.1. The second kappa shape index (κ2) is 27.4. The van der Waals surface area contributed by atoms with Crippen LogP contribution >= 0.6 is 0 Å². The van der Waals surface area contributed by atoms with Crippen molar-refractivity contribution < 1.29 is 27.5 Å². The minimum atomic E-state index is -3.65. The Kier molecular flexibility index (Phi) is 32.2. The first-order chi connectivity index (χ1) is 20.1. The summed E-state index contributed by atoms with van der Waals surface area (Å²) in [7, 11) is -0.860. The third-order valence-corrected chi connectivity index (χ3v) is 7.67. The molecule has 0 saturated carbocycles. The lowest BCUT2D eigenvalue weighted by Crippen LogP contribution is -2.55. The van der Waals surface area contributed by atoms with Gasteiger partial charge in [0.1, 0.15) is 6.04 Å². The van der Waals surface area contributed by atoms with Crippen LogP contribution in [-0.2, 0) is 24.3 Å². The predicted octanol–water partition coefficient (Wildman–Crippen LogP) is 7.08. The van der Waals surface area contributed by atoms with Crippen LogP contribution in [0.5, 0.6) is 0 Å². The first-order valence-electron chi connectivity index (χ1n) is 16.5. The summed E-state index contributed by atoms with van der Waals surface area (Å²) in [6.07, 6.45) is 2.46. The van der Waals surface area contributed by atoms with Crippen molar-refractivity contribution in [3.63, 3.8) is 0 Å². The summed E-state index contributed by atoms with van der Waals surface area (Å²) < 4.78 is 31.7. The zero-order valence-electron chi connectivity index (χ0n) is 32.2. The van der Waals surface area contributed by atoms with Gasteiger partial charge in [-0.2, -0.15) is 4.31 Å². The molecular weight excluding hydrogens is 580 g/mol. The average Bonchev–Trinajstić information content (AvgIpc) is 3.43. The van der Waals surface area contributed by atoms with Gasteiger partial charge in [0.25, 0.3) is 0 Å². The Balaban J connectivity index is -0.000000335. The van der Waals surface area contributed by atoms with Crippen molar-refractivity contribution in [2.24, 2.45) is 11.3 Å². The lowest BCUT2D eigenvalue weighted by atomic mass is 9.88. The van der Waals surface area contributed by atoms with E-state index in [1.54, 1.807) is 20.8 Å². The van der Waals surface area contributed by atoms with E-state index in [0.717, 1.165) is 5.92 Å². The van der Waals surface area contributed by atoms with Gasteiger partial charge in [0.2, 0.25) is 15.9 Å². The Morgan fingerprint density at radius 2 is 1.34 bits per heavy atom. The fraction of sp³-hybridized carbons (Fsp3) is 0.909. The maximum absolute atomic E-state index is 12.8. The molecule has 2 N–H and O–H groups in total. The fourth-order valence-corrected chi connectivity index (χ4v) is 5.22. The van der Waals surface area contributed by atoms with Crippen molar-refractivity contribution in [3.05, 3.63) is 0 Å². The van der Waals surface area contributed by atoms with Crippen molar-refractivity contribution in [3.8, 4) is 0 Å². The molecule has 1 aliphatic heterocycles. The number of carbonyl (C=O) groups is 3. The van der Waals surface area contributed by atoms with Crippen molar-refractivity contribution in [1.82, 2.24) is 19.8 Å². The van der Waals surface area contributed by atoms with Crippen LogP contribution in [-0.4, -0.2) is 86.2 Å². The van der Waals surface area contributed by atoms with E-state index >= 15 is 0 Å². The number of esters is 1. The van der Waals surface area contributed by atoms with Gasteiger partial charge >= 0.3 is 12.0 Å². The molecule has 0 aromatic heterocycles. The molecule has 268 valence electrons. The lowest BCUT2D eigenvalue weighted by Gasteiger charge is -2.36. The molecule has 1 saturated heterocycles. The Morgan fingerprint density at radius 3 is 1.68 bits per heavy atom. The smallest absolute Gasteiger partial charge is 0.328 e. The average molecular weight is 655 g/mol. The maximum Gasteiger partial charge on any atom is 0.328 e. The summed E-state index contributed by atoms with van der Waals surface area (Å²) in [6, 6.07) is -1.97. The number of urea groups is 1. The molecular formula is C33H74N4O6S. The molecule has 2 unspecified atom stereocenters. The van der Waals surface area contributed by atoms with Gasteiger partial charge in [-0.1, -0.05) is 103 Å². The van der Waals surface area contributed by atoms with Gasteiger partial charge in [0, 0.05) is 19.1 Å². The second-order valence-corrected chi connectivity index (χ2v) is 14.4. The molecule has 11 heteroatoms. The number of methoxy groups -OCH3 is 1. The minimum absolute atomic E-state index is 0.276. The molecule has 1 rings (SSSR count). The summed E-state index contributed by atoms with van der Waals surface area (Å²) in [5.41, 5.74) is -1.14. The van der Waals surface area contributed by atoms with Gasteiger partial charge in [-0.3, -0.25) is 4.79 Å². The Labute approximate surface area is 273 Å². The van der Waals surface area contributed by atoms with Crippen LogP contribution in [0, 0.1) is 11.3 Å². The van der Waals surface area contributed by atoms with Crippen LogP contribution < -0.4 is 10.6 Å². The number of nitrogens with one attached hydrogen (secondary N) is 2. The van der Waals surface area contributed by atoms with E-state index < -0.39 is 51.0 Å². The summed E-state index contributed by atoms with van der Waals surface area (Å²) in [6.45, 7) is 33.8. The highest BCUT2D eigenvalue weighted by Gasteiger charge is 2.37. The SMILES string of the molecule is CC.CC.CC.CC(C)C.CCC.COC(=O)C1CCCN1C(=O)CNC(=O)NC(CS(=O)(=O)N(C)C(C)(C)C)C(C)(C)C. The molecule has 0 bridgehead atoms. The van der Waals surface area contributed by atoms with Crippen LogP contribution in [0.3, 0.4) is 0 Å². The number of nitrogens with zero attached hydrogens (tertiary/aromatic N) is 2. The van der Waals surface area contributed by atoms with Crippen LogP contribution in [0.2, 0.25) is 0 Å².